The third-order valence-corrected chi connectivity index (χ3v) is 3.44. The van der Waals surface area contributed by atoms with Crippen LogP contribution in [0.4, 0.5) is 15.8 Å². The Labute approximate surface area is 112 Å². The Hall–Kier alpha value is -1.62. The molecule has 0 aliphatic carbocycles. The van der Waals surface area contributed by atoms with E-state index in [-0.39, 0.29) is 11.7 Å². The predicted molar refractivity (Wildman–Crippen MR) is 74.7 cm³/mol. The Morgan fingerprint density at radius 1 is 1.47 bits per heavy atom. The molecule has 0 saturated carbocycles. The molecule has 104 valence electrons. The summed E-state index contributed by atoms with van der Waals surface area (Å²) in [7, 11) is 0. The number of hydrogen-bond acceptors (Lipinski definition) is 3. The van der Waals surface area contributed by atoms with Crippen LogP contribution in [0, 0.1) is 5.82 Å². The van der Waals surface area contributed by atoms with Gasteiger partial charge in [0.1, 0.15) is 5.82 Å². The van der Waals surface area contributed by atoms with Gasteiger partial charge >= 0.3 is 0 Å². The van der Waals surface area contributed by atoms with Crippen molar-refractivity contribution in [2.24, 2.45) is 5.73 Å². The lowest BCUT2D eigenvalue weighted by molar-refractivity contribution is -0.117. The third-order valence-electron chi connectivity index (χ3n) is 3.44. The topological polar surface area (TPSA) is 58.4 Å². The molecule has 19 heavy (non-hydrogen) atoms. The average Bonchev–Trinajstić information content (AvgIpc) is 2.91. The normalized spacial score (nSPS) is 16.5. The van der Waals surface area contributed by atoms with E-state index in [0.717, 1.165) is 25.9 Å². The number of carbonyl (C=O) groups excluding carboxylic acids is 1. The molecule has 2 rings (SSSR count). The summed E-state index contributed by atoms with van der Waals surface area (Å²) in [5, 5.41) is 2.63. The van der Waals surface area contributed by atoms with Gasteiger partial charge in [0.05, 0.1) is 11.7 Å². The molecule has 3 N–H and O–H groups in total. The number of nitrogens with one attached hydrogen (secondary N) is 1. The van der Waals surface area contributed by atoms with Gasteiger partial charge in [0.15, 0.2) is 0 Å². The van der Waals surface area contributed by atoms with Crippen molar-refractivity contribution in [1.82, 2.24) is 0 Å². The second-order valence-corrected chi connectivity index (χ2v) is 4.86. The molecule has 1 aliphatic rings. The van der Waals surface area contributed by atoms with Gasteiger partial charge in [0, 0.05) is 18.8 Å². The Kier molecular flexibility index (Phi) is 4.37. The van der Waals surface area contributed by atoms with Crippen LogP contribution in [0.2, 0.25) is 0 Å². The maximum absolute atomic E-state index is 14.0. The molecular weight excluding hydrogens is 245 g/mol. The monoisotopic (exact) mass is 265 g/mol. The van der Waals surface area contributed by atoms with E-state index >= 15 is 0 Å². The van der Waals surface area contributed by atoms with Crippen molar-refractivity contribution in [3.63, 3.8) is 0 Å². The summed E-state index contributed by atoms with van der Waals surface area (Å²) in [5.41, 5.74) is 6.68. The fourth-order valence-electron chi connectivity index (χ4n) is 2.22. The fraction of sp³-hybridized carbons (Fsp3) is 0.500. The van der Waals surface area contributed by atoms with E-state index in [0.29, 0.717) is 17.8 Å². The van der Waals surface area contributed by atoms with E-state index in [1.165, 1.54) is 6.07 Å². The summed E-state index contributed by atoms with van der Waals surface area (Å²) in [5.74, 6) is -0.583. The van der Waals surface area contributed by atoms with Gasteiger partial charge in [-0.3, -0.25) is 4.79 Å². The van der Waals surface area contributed by atoms with Crippen LogP contribution < -0.4 is 16.0 Å². The minimum Gasteiger partial charge on any atom is -0.369 e. The number of anilines is 2. The second-order valence-electron chi connectivity index (χ2n) is 4.86. The average molecular weight is 265 g/mol. The number of halogens is 1. The van der Waals surface area contributed by atoms with Gasteiger partial charge in [0.25, 0.3) is 0 Å². The largest absolute Gasteiger partial charge is 0.369 e. The molecule has 1 fully saturated rings. The van der Waals surface area contributed by atoms with E-state index in [1.807, 2.05) is 11.8 Å². The summed E-state index contributed by atoms with van der Waals surface area (Å²) in [6.07, 6.45) is 2.76. The predicted octanol–water partition coefficient (Wildman–Crippen LogP) is 2.10. The van der Waals surface area contributed by atoms with Crippen LogP contribution in [0.25, 0.3) is 0 Å². The van der Waals surface area contributed by atoms with Crippen molar-refractivity contribution in [2.45, 2.75) is 32.2 Å². The summed E-state index contributed by atoms with van der Waals surface area (Å²) in [6, 6.07) is 4.24. The van der Waals surface area contributed by atoms with Crippen molar-refractivity contribution < 1.29 is 9.18 Å². The van der Waals surface area contributed by atoms with Crippen molar-refractivity contribution in [3.8, 4) is 0 Å². The molecule has 5 heteroatoms. The van der Waals surface area contributed by atoms with Crippen molar-refractivity contribution >= 4 is 17.3 Å². The number of nitrogens with two attached hydrogens (primary N) is 1. The lowest BCUT2D eigenvalue weighted by Gasteiger charge is -2.19. The van der Waals surface area contributed by atoms with E-state index in [4.69, 9.17) is 5.73 Å². The second kappa shape index (κ2) is 6.02. The minimum atomic E-state index is -0.554. The lowest BCUT2D eigenvalue weighted by atomic mass is 10.2. The maximum atomic E-state index is 14.0. The van der Waals surface area contributed by atoms with Crippen LogP contribution >= 0.6 is 0 Å². The molecule has 0 aromatic heterocycles. The summed E-state index contributed by atoms with van der Waals surface area (Å²) < 4.78 is 14.0. The lowest BCUT2D eigenvalue weighted by Crippen LogP contribution is -2.34. The van der Waals surface area contributed by atoms with Gasteiger partial charge < -0.3 is 16.0 Å². The van der Waals surface area contributed by atoms with Crippen molar-refractivity contribution in [3.05, 3.63) is 24.0 Å². The van der Waals surface area contributed by atoms with E-state index in [9.17, 15) is 9.18 Å². The molecule has 0 radical (unpaired) electrons. The highest BCUT2D eigenvalue weighted by atomic mass is 19.1. The highest BCUT2D eigenvalue weighted by molar-refractivity contribution is 5.94. The van der Waals surface area contributed by atoms with Gasteiger partial charge in [0.2, 0.25) is 5.91 Å². The fourth-order valence-corrected chi connectivity index (χ4v) is 2.22. The van der Waals surface area contributed by atoms with Crippen LogP contribution in [0.15, 0.2) is 18.2 Å². The Bertz CT molecular complexity index is 458. The van der Waals surface area contributed by atoms with E-state index in [1.54, 1.807) is 12.1 Å². The number of nitrogens with zero attached hydrogens (tertiary/aromatic N) is 1. The molecule has 1 aromatic carbocycles. The Morgan fingerprint density at radius 3 is 2.74 bits per heavy atom. The number of benzene rings is 1. The molecule has 1 heterocycles. The molecule has 1 saturated heterocycles. The van der Waals surface area contributed by atoms with Crippen molar-refractivity contribution in [1.29, 1.82) is 0 Å². The van der Waals surface area contributed by atoms with Crippen LogP contribution in [0.1, 0.15) is 26.2 Å². The molecule has 0 spiro atoms. The van der Waals surface area contributed by atoms with Gasteiger partial charge in [-0.15, -0.1) is 0 Å². The molecule has 4 nitrogen and oxygen atoms in total. The number of hydrogen-bond donors (Lipinski definition) is 2. The highest BCUT2D eigenvalue weighted by Crippen LogP contribution is 2.26. The maximum Gasteiger partial charge on any atom is 0.241 e. The first kappa shape index (κ1) is 13.8. The molecular formula is C14H20FN3O. The zero-order valence-electron chi connectivity index (χ0n) is 11.2. The first-order valence-corrected chi connectivity index (χ1v) is 6.72. The van der Waals surface area contributed by atoms with E-state index in [2.05, 4.69) is 5.32 Å². The summed E-state index contributed by atoms with van der Waals surface area (Å²) in [4.78, 5) is 13.7. The quantitative estimate of drug-likeness (QED) is 0.876. The first-order valence-electron chi connectivity index (χ1n) is 6.72. The van der Waals surface area contributed by atoms with Gasteiger partial charge in [-0.1, -0.05) is 6.92 Å². The SMILES string of the molecule is CCC(N)C(=O)Nc1ccc(N2CCCC2)c(F)c1. The summed E-state index contributed by atoms with van der Waals surface area (Å²) in [6.45, 7) is 3.62. The smallest absolute Gasteiger partial charge is 0.241 e. The molecule has 1 aromatic rings. The minimum absolute atomic E-state index is 0.282. The molecule has 1 atom stereocenters. The van der Waals surface area contributed by atoms with Gasteiger partial charge in [-0.25, -0.2) is 4.39 Å². The number of amides is 1. The first-order chi connectivity index (χ1) is 9.11. The van der Waals surface area contributed by atoms with Gasteiger partial charge in [-0.05, 0) is 37.5 Å². The number of carbonyl (C=O) groups is 1. The van der Waals surface area contributed by atoms with Crippen molar-refractivity contribution in [2.75, 3.05) is 23.3 Å². The standard InChI is InChI=1S/C14H20FN3O/c1-2-12(16)14(19)17-10-5-6-13(11(15)9-10)18-7-3-4-8-18/h5-6,9,12H,2-4,7-8,16H2,1H3,(H,17,19). The Morgan fingerprint density at radius 2 is 2.16 bits per heavy atom. The zero-order chi connectivity index (χ0) is 13.8. The molecule has 1 amide bonds. The summed E-state index contributed by atoms with van der Waals surface area (Å²) >= 11 is 0. The number of rotatable bonds is 4. The van der Waals surface area contributed by atoms with Crippen LogP contribution in [0.3, 0.4) is 0 Å². The van der Waals surface area contributed by atoms with Crippen LogP contribution in [0.5, 0.6) is 0 Å². The van der Waals surface area contributed by atoms with Crippen LogP contribution in [-0.4, -0.2) is 25.0 Å². The molecule has 0 bridgehead atoms. The zero-order valence-corrected chi connectivity index (χ0v) is 11.2. The Balaban J connectivity index is 2.08. The highest BCUT2D eigenvalue weighted by Gasteiger charge is 2.17. The van der Waals surface area contributed by atoms with Crippen LogP contribution in [-0.2, 0) is 4.79 Å². The van der Waals surface area contributed by atoms with Gasteiger partial charge in [-0.2, -0.15) is 0 Å². The third kappa shape index (κ3) is 3.23. The molecule has 1 aliphatic heterocycles. The van der Waals surface area contributed by atoms with E-state index < -0.39 is 6.04 Å². The molecule has 1 unspecified atom stereocenters.